The van der Waals surface area contributed by atoms with Crippen LogP contribution in [0, 0.1) is 0 Å². The van der Waals surface area contributed by atoms with Crippen molar-refractivity contribution in [1.82, 2.24) is 10.6 Å². The number of carboxylic acid groups (broad SMARTS) is 1. The van der Waals surface area contributed by atoms with E-state index in [2.05, 4.69) is 17.6 Å². The summed E-state index contributed by atoms with van der Waals surface area (Å²) < 4.78 is 0. The Bertz CT molecular complexity index is 460. The van der Waals surface area contributed by atoms with Crippen LogP contribution < -0.4 is 10.6 Å². The van der Waals surface area contributed by atoms with E-state index in [-0.39, 0.29) is 0 Å². The maximum absolute atomic E-state index is 11.7. The fourth-order valence-corrected chi connectivity index (χ4v) is 2.01. The molecule has 0 aliphatic carbocycles. The maximum atomic E-state index is 11.7. The molecule has 0 saturated heterocycles. The minimum absolute atomic E-state index is 0.397. The third kappa shape index (κ3) is 4.91. The van der Waals surface area contributed by atoms with Crippen LogP contribution in [-0.2, 0) is 17.8 Å². The lowest BCUT2D eigenvalue weighted by molar-refractivity contribution is -0.139. The molecular weight excluding hydrogens is 256 g/mol. The Hall–Kier alpha value is -2.04. The van der Waals surface area contributed by atoms with E-state index in [9.17, 15) is 9.59 Å². The predicted molar refractivity (Wildman–Crippen MR) is 77.5 cm³/mol. The summed E-state index contributed by atoms with van der Waals surface area (Å²) in [4.78, 5) is 22.7. The first kappa shape index (κ1) is 16.0. The van der Waals surface area contributed by atoms with E-state index in [1.54, 1.807) is 0 Å². The zero-order valence-electron chi connectivity index (χ0n) is 12.0. The van der Waals surface area contributed by atoms with Gasteiger partial charge in [-0.1, -0.05) is 44.5 Å². The largest absolute Gasteiger partial charge is 0.480 e. The van der Waals surface area contributed by atoms with Crippen LogP contribution in [0.2, 0.25) is 0 Å². The Labute approximate surface area is 119 Å². The molecule has 0 fully saturated rings. The molecule has 0 spiro atoms. The van der Waals surface area contributed by atoms with Crippen molar-refractivity contribution in [3.63, 3.8) is 0 Å². The Kier molecular flexibility index (Phi) is 6.56. The van der Waals surface area contributed by atoms with Gasteiger partial charge in [-0.3, -0.25) is 0 Å². The standard InChI is InChI=1S/C15H22N2O3/c1-3-7-13(14(18)19)17-15(20)16-10-12-9-6-5-8-11(12)4-2/h5-6,8-9,13H,3-4,7,10H2,1-2H3,(H,18,19)(H2,16,17,20). The normalized spacial score (nSPS) is 11.7. The molecule has 1 unspecified atom stereocenters. The molecule has 0 aliphatic heterocycles. The van der Waals surface area contributed by atoms with Gasteiger partial charge >= 0.3 is 12.0 Å². The summed E-state index contributed by atoms with van der Waals surface area (Å²) in [6, 6.07) is 6.58. The predicted octanol–water partition coefficient (Wildman–Crippen LogP) is 2.30. The molecule has 0 aliphatic rings. The summed E-state index contributed by atoms with van der Waals surface area (Å²) in [5, 5.41) is 14.2. The molecule has 1 aromatic rings. The van der Waals surface area contributed by atoms with E-state index in [1.807, 2.05) is 31.2 Å². The van der Waals surface area contributed by atoms with Crippen LogP contribution in [-0.4, -0.2) is 23.1 Å². The number of urea groups is 1. The molecule has 0 radical (unpaired) electrons. The number of nitrogens with one attached hydrogen (secondary N) is 2. The van der Waals surface area contributed by atoms with Gasteiger partial charge < -0.3 is 15.7 Å². The highest BCUT2D eigenvalue weighted by atomic mass is 16.4. The lowest BCUT2D eigenvalue weighted by atomic mass is 10.1. The van der Waals surface area contributed by atoms with Crippen molar-refractivity contribution >= 4 is 12.0 Å². The van der Waals surface area contributed by atoms with Crippen LogP contribution in [0.1, 0.15) is 37.8 Å². The molecular formula is C15H22N2O3. The van der Waals surface area contributed by atoms with Gasteiger partial charge in [0.05, 0.1) is 0 Å². The zero-order valence-corrected chi connectivity index (χ0v) is 12.0. The van der Waals surface area contributed by atoms with Crippen LogP contribution in [0.4, 0.5) is 4.79 Å². The number of carbonyl (C=O) groups is 2. The molecule has 20 heavy (non-hydrogen) atoms. The van der Waals surface area contributed by atoms with Gasteiger partial charge in [0.2, 0.25) is 0 Å². The van der Waals surface area contributed by atoms with E-state index >= 15 is 0 Å². The summed E-state index contributed by atoms with van der Waals surface area (Å²) in [7, 11) is 0. The fraction of sp³-hybridized carbons (Fsp3) is 0.467. The van der Waals surface area contributed by atoms with Crippen molar-refractivity contribution in [3.8, 4) is 0 Å². The molecule has 0 heterocycles. The summed E-state index contributed by atoms with van der Waals surface area (Å²) >= 11 is 0. The fourth-order valence-electron chi connectivity index (χ4n) is 2.01. The Morgan fingerprint density at radius 3 is 2.40 bits per heavy atom. The quantitative estimate of drug-likeness (QED) is 0.716. The molecule has 1 atom stereocenters. The molecule has 0 aromatic heterocycles. The first-order chi connectivity index (χ1) is 9.58. The summed E-state index contributed by atoms with van der Waals surface area (Å²) in [5.74, 6) is -1.00. The Morgan fingerprint density at radius 2 is 1.85 bits per heavy atom. The molecule has 0 saturated carbocycles. The number of aryl methyl sites for hydroxylation is 1. The molecule has 3 N–H and O–H groups in total. The van der Waals surface area contributed by atoms with Crippen molar-refractivity contribution in [2.45, 2.75) is 45.7 Å². The zero-order chi connectivity index (χ0) is 15.0. The van der Waals surface area contributed by atoms with Gasteiger partial charge in [0.25, 0.3) is 0 Å². The van der Waals surface area contributed by atoms with Crippen molar-refractivity contribution in [2.24, 2.45) is 0 Å². The minimum atomic E-state index is -1.00. The van der Waals surface area contributed by atoms with Crippen molar-refractivity contribution in [1.29, 1.82) is 0 Å². The lowest BCUT2D eigenvalue weighted by Gasteiger charge is -2.15. The highest BCUT2D eigenvalue weighted by Gasteiger charge is 2.18. The van der Waals surface area contributed by atoms with Crippen LogP contribution >= 0.6 is 0 Å². The van der Waals surface area contributed by atoms with Crippen LogP contribution in [0.25, 0.3) is 0 Å². The highest BCUT2D eigenvalue weighted by molar-refractivity contribution is 5.82. The Balaban J connectivity index is 2.52. The van der Waals surface area contributed by atoms with E-state index in [4.69, 9.17) is 5.11 Å². The summed E-state index contributed by atoms with van der Waals surface area (Å²) in [6.45, 7) is 4.34. The molecule has 1 aromatic carbocycles. The van der Waals surface area contributed by atoms with E-state index < -0.39 is 18.0 Å². The average Bonchev–Trinajstić information content (AvgIpc) is 2.44. The third-order valence-electron chi connectivity index (χ3n) is 3.12. The van der Waals surface area contributed by atoms with Gasteiger partial charge in [-0.15, -0.1) is 0 Å². The number of aliphatic carboxylic acids is 1. The number of rotatable bonds is 7. The number of benzene rings is 1. The second-order valence-corrected chi connectivity index (χ2v) is 4.63. The maximum Gasteiger partial charge on any atom is 0.326 e. The third-order valence-corrected chi connectivity index (χ3v) is 3.12. The Morgan fingerprint density at radius 1 is 1.20 bits per heavy atom. The molecule has 2 amide bonds. The number of hydrogen-bond donors (Lipinski definition) is 3. The number of amides is 2. The first-order valence-electron chi connectivity index (χ1n) is 6.92. The monoisotopic (exact) mass is 278 g/mol. The molecule has 0 bridgehead atoms. The van der Waals surface area contributed by atoms with Gasteiger partial charge in [0.15, 0.2) is 0 Å². The SMILES string of the molecule is CCCC(NC(=O)NCc1ccccc1CC)C(=O)O. The molecule has 5 nitrogen and oxygen atoms in total. The van der Waals surface area contributed by atoms with Crippen LogP contribution in [0.3, 0.4) is 0 Å². The minimum Gasteiger partial charge on any atom is -0.480 e. The van der Waals surface area contributed by atoms with E-state index in [0.717, 1.165) is 12.0 Å². The van der Waals surface area contributed by atoms with E-state index in [0.29, 0.717) is 19.4 Å². The first-order valence-corrected chi connectivity index (χ1v) is 6.92. The van der Waals surface area contributed by atoms with Gasteiger partial charge in [0.1, 0.15) is 6.04 Å². The lowest BCUT2D eigenvalue weighted by Crippen LogP contribution is -2.45. The number of carboxylic acids is 1. The molecule has 1 rings (SSSR count). The smallest absolute Gasteiger partial charge is 0.326 e. The summed E-state index contributed by atoms with van der Waals surface area (Å²) in [6.07, 6.45) is 2.03. The number of carbonyl (C=O) groups excluding carboxylic acids is 1. The number of hydrogen-bond acceptors (Lipinski definition) is 2. The van der Waals surface area contributed by atoms with E-state index in [1.165, 1.54) is 5.56 Å². The van der Waals surface area contributed by atoms with Gasteiger partial charge in [0, 0.05) is 6.54 Å². The van der Waals surface area contributed by atoms with Gasteiger partial charge in [-0.2, -0.15) is 0 Å². The van der Waals surface area contributed by atoms with Gasteiger partial charge in [-0.05, 0) is 24.0 Å². The second-order valence-electron chi connectivity index (χ2n) is 4.63. The average molecular weight is 278 g/mol. The van der Waals surface area contributed by atoms with Crippen molar-refractivity contribution in [3.05, 3.63) is 35.4 Å². The van der Waals surface area contributed by atoms with Crippen molar-refractivity contribution in [2.75, 3.05) is 0 Å². The molecule has 110 valence electrons. The van der Waals surface area contributed by atoms with Gasteiger partial charge in [-0.25, -0.2) is 9.59 Å². The second kappa shape index (κ2) is 8.19. The van der Waals surface area contributed by atoms with Crippen LogP contribution in [0.15, 0.2) is 24.3 Å². The van der Waals surface area contributed by atoms with Crippen LogP contribution in [0.5, 0.6) is 0 Å². The summed E-state index contributed by atoms with van der Waals surface area (Å²) in [5.41, 5.74) is 2.23. The van der Waals surface area contributed by atoms with Crippen molar-refractivity contribution < 1.29 is 14.7 Å². The highest BCUT2D eigenvalue weighted by Crippen LogP contribution is 2.08. The topological polar surface area (TPSA) is 78.4 Å². The molecule has 5 heteroatoms.